The number of imide groups is 1. The fourth-order valence-corrected chi connectivity index (χ4v) is 3.47. The van der Waals surface area contributed by atoms with Crippen LogP contribution in [0.1, 0.15) is 35.3 Å². The van der Waals surface area contributed by atoms with Crippen LogP contribution < -0.4 is 19.5 Å². The molecule has 2 aromatic rings. The highest BCUT2D eigenvalue weighted by Crippen LogP contribution is 2.36. The van der Waals surface area contributed by atoms with Gasteiger partial charge >= 0.3 is 6.03 Å². The molecule has 1 fully saturated rings. The Labute approximate surface area is 174 Å². The lowest BCUT2D eigenvalue weighted by molar-refractivity contribution is -0.131. The van der Waals surface area contributed by atoms with Crippen molar-refractivity contribution in [1.29, 1.82) is 0 Å². The van der Waals surface area contributed by atoms with Crippen LogP contribution in [-0.4, -0.2) is 44.0 Å². The van der Waals surface area contributed by atoms with E-state index in [1.807, 2.05) is 0 Å². The number of carbonyl (C=O) groups excluding carboxylic acids is 3. The number of urea groups is 1. The van der Waals surface area contributed by atoms with Gasteiger partial charge in [-0.3, -0.25) is 14.5 Å². The van der Waals surface area contributed by atoms with Crippen LogP contribution in [-0.2, 0) is 16.9 Å². The summed E-state index contributed by atoms with van der Waals surface area (Å²) in [5.74, 6) is 0.915. The zero-order chi connectivity index (χ0) is 22.1. The van der Waals surface area contributed by atoms with Gasteiger partial charge in [-0.1, -0.05) is 6.07 Å². The molecular weight excluding hydrogens is 388 g/mol. The van der Waals surface area contributed by atoms with Crippen molar-refractivity contribution in [3.63, 3.8) is 0 Å². The second-order valence-electron chi connectivity index (χ2n) is 7.10. The smallest absolute Gasteiger partial charge is 0.325 e. The van der Waals surface area contributed by atoms with E-state index in [0.717, 1.165) is 4.90 Å². The molecular formula is C22H24N2O6. The van der Waals surface area contributed by atoms with E-state index in [0.29, 0.717) is 33.9 Å². The number of rotatable bonds is 7. The minimum absolute atomic E-state index is 0.0299. The van der Waals surface area contributed by atoms with Gasteiger partial charge in [0.05, 0.1) is 27.9 Å². The second-order valence-corrected chi connectivity index (χ2v) is 7.10. The molecule has 0 aromatic heterocycles. The normalized spacial score (nSPS) is 18.2. The van der Waals surface area contributed by atoms with Gasteiger partial charge in [0.25, 0.3) is 5.91 Å². The molecule has 1 saturated heterocycles. The van der Waals surface area contributed by atoms with E-state index in [1.165, 1.54) is 28.3 Å². The number of ketones is 1. The molecule has 0 aliphatic carbocycles. The van der Waals surface area contributed by atoms with Gasteiger partial charge in [-0.15, -0.1) is 0 Å². The lowest BCUT2D eigenvalue weighted by Gasteiger charge is -2.23. The molecule has 1 N–H and O–H groups in total. The van der Waals surface area contributed by atoms with Crippen LogP contribution in [0.4, 0.5) is 4.79 Å². The highest BCUT2D eigenvalue weighted by atomic mass is 16.5. The molecule has 1 atom stereocenters. The van der Waals surface area contributed by atoms with Gasteiger partial charge in [0.1, 0.15) is 11.3 Å². The Morgan fingerprint density at radius 3 is 2.20 bits per heavy atom. The van der Waals surface area contributed by atoms with Crippen LogP contribution in [0.3, 0.4) is 0 Å². The number of benzene rings is 2. The number of nitrogens with zero attached hydrogens (tertiary/aromatic N) is 1. The number of amides is 3. The SMILES string of the molecule is COc1ccc(C(C)=O)cc1CN1C(=O)N[C@](C)(c2ccc(OC)c(OC)c2)C1=O. The molecule has 8 nitrogen and oxygen atoms in total. The first-order valence-corrected chi connectivity index (χ1v) is 9.29. The summed E-state index contributed by atoms with van der Waals surface area (Å²) in [4.78, 5) is 38.8. The molecule has 2 aromatic carbocycles. The summed E-state index contributed by atoms with van der Waals surface area (Å²) in [5.41, 5.74) is 0.318. The van der Waals surface area contributed by atoms with Gasteiger partial charge < -0.3 is 19.5 Å². The van der Waals surface area contributed by atoms with Crippen LogP contribution in [0, 0.1) is 0 Å². The number of hydrogen-bond acceptors (Lipinski definition) is 6. The molecule has 1 aliphatic heterocycles. The van der Waals surface area contributed by atoms with Crippen molar-refractivity contribution < 1.29 is 28.6 Å². The number of hydrogen-bond donors (Lipinski definition) is 1. The lowest BCUT2D eigenvalue weighted by atomic mass is 9.91. The zero-order valence-corrected chi connectivity index (χ0v) is 17.6. The van der Waals surface area contributed by atoms with Crippen molar-refractivity contribution in [2.45, 2.75) is 25.9 Å². The van der Waals surface area contributed by atoms with Gasteiger partial charge in [0.15, 0.2) is 17.3 Å². The molecule has 0 unspecified atom stereocenters. The largest absolute Gasteiger partial charge is 0.496 e. The van der Waals surface area contributed by atoms with E-state index in [2.05, 4.69) is 5.32 Å². The minimum atomic E-state index is -1.28. The van der Waals surface area contributed by atoms with Crippen molar-refractivity contribution in [2.24, 2.45) is 0 Å². The molecule has 1 aliphatic rings. The molecule has 0 spiro atoms. The van der Waals surface area contributed by atoms with E-state index in [9.17, 15) is 14.4 Å². The molecule has 8 heteroatoms. The van der Waals surface area contributed by atoms with E-state index in [4.69, 9.17) is 14.2 Å². The van der Waals surface area contributed by atoms with Crippen LogP contribution in [0.2, 0.25) is 0 Å². The zero-order valence-electron chi connectivity index (χ0n) is 17.6. The maximum Gasteiger partial charge on any atom is 0.325 e. The fourth-order valence-electron chi connectivity index (χ4n) is 3.47. The summed E-state index contributed by atoms with van der Waals surface area (Å²) >= 11 is 0. The van der Waals surface area contributed by atoms with Crippen molar-refractivity contribution in [2.75, 3.05) is 21.3 Å². The predicted octanol–water partition coefficient (Wildman–Crippen LogP) is 2.88. The predicted molar refractivity (Wildman–Crippen MR) is 109 cm³/mol. The molecule has 1 heterocycles. The van der Waals surface area contributed by atoms with Gasteiger partial charge in [-0.05, 0) is 49.7 Å². The maximum atomic E-state index is 13.3. The highest BCUT2D eigenvalue weighted by molar-refractivity contribution is 6.07. The Morgan fingerprint density at radius 1 is 0.967 bits per heavy atom. The Bertz CT molecular complexity index is 1020. The quantitative estimate of drug-likeness (QED) is 0.555. The van der Waals surface area contributed by atoms with Crippen molar-refractivity contribution in [3.05, 3.63) is 53.1 Å². The first-order chi connectivity index (χ1) is 14.2. The average Bonchev–Trinajstić information content (AvgIpc) is 2.96. The average molecular weight is 412 g/mol. The number of ether oxygens (including phenoxy) is 3. The summed E-state index contributed by atoms with van der Waals surface area (Å²) in [7, 11) is 4.51. The van der Waals surface area contributed by atoms with Crippen molar-refractivity contribution >= 4 is 17.7 Å². The minimum Gasteiger partial charge on any atom is -0.496 e. The Hall–Kier alpha value is -3.55. The third kappa shape index (κ3) is 3.56. The third-order valence-corrected chi connectivity index (χ3v) is 5.25. The molecule has 0 radical (unpaired) electrons. The van der Waals surface area contributed by atoms with Crippen LogP contribution in [0.5, 0.6) is 17.2 Å². The van der Waals surface area contributed by atoms with Gasteiger partial charge in [0, 0.05) is 11.1 Å². The number of methoxy groups -OCH3 is 3. The number of Topliss-reactive ketones (excluding diaryl/α,β-unsaturated/α-hetero) is 1. The monoisotopic (exact) mass is 412 g/mol. The lowest BCUT2D eigenvalue weighted by Crippen LogP contribution is -2.40. The standard InChI is InChI=1S/C22H24N2O6/c1-13(25)14-6-8-17(28-3)15(10-14)12-24-20(26)22(2,23-21(24)27)16-7-9-18(29-4)19(11-16)30-5/h6-11H,12H2,1-5H3,(H,23,27)/t22-/m1/s1. The van der Waals surface area contributed by atoms with Crippen LogP contribution in [0.15, 0.2) is 36.4 Å². The van der Waals surface area contributed by atoms with Gasteiger partial charge in [-0.2, -0.15) is 0 Å². The third-order valence-electron chi connectivity index (χ3n) is 5.25. The summed E-state index contributed by atoms with van der Waals surface area (Å²) in [5, 5.41) is 2.76. The first-order valence-electron chi connectivity index (χ1n) is 9.29. The number of carbonyl (C=O) groups is 3. The van der Waals surface area contributed by atoms with Gasteiger partial charge in [0.2, 0.25) is 0 Å². The number of nitrogens with one attached hydrogen (secondary N) is 1. The summed E-state index contributed by atoms with van der Waals surface area (Å²) in [6, 6.07) is 9.45. The second kappa shape index (κ2) is 8.06. The first kappa shape index (κ1) is 21.2. The molecule has 3 rings (SSSR count). The van der Waals surface area contributed by atoms with Gasteiger partial charge in [-0.25, -0.2) is 4.79 Å². The topological polar surface area (TPSA) is 94.2 Å². The van der Waals surface area contributed by atoms with Crippen LogP contribution >= 0.6 is 0 Å². The van der Waals surface area contributed by atoms with Crippen molar-refractivity contribution in [3.8, 4) is 17.2 Å². The van der Waals surface area contributed by atoms with E-state index in [-0.39, 0.29) is 12.3 Å². The van der Waals surface area contributed by atoms with E-state index < -0.39 is 17.5 Å². The van der Waals surface area contributed by atoms with Crippen LogP contribution in [0.25, 0.3) is 0 Å². The highest BCUT2D eigenvalue weighted by Gasteiger charge is 2.49. The summed E-state index contributed by atoms with van der Waals surface area (Å²) in [6.45, 7) is 3.06. The summed E-state index contributed by atoms with van der Waals surface area (Å²) < 4.78 is 15.9. The van der Waals surface area contributed by atoms with E-state index in [1.54, 1.807) is 43.3 Å². The summed E-state index contributed by atoms with van der Waals surface area (Å²) in [6.07, 6.45) is 0. The molecule has 158 valence electrons. The maximum absolute atomic E-state index is 13.3. The molecule has 0 saturated carbocycles. The fraction of sp³-hybridized carbons (Fsp3) is 0.318. The Balaban J connectivity index is 1.95. The molecule has 0 bridgehead atoms. The Morgan fingerprint density at radius 2 is 1.60 bits per heavy atom. The molecule has 30 heavy (non-hydrogen) atoms. The molecule has 3 amide bonds. The van der Waals surface area contributed by atoms with Crippen molar-refractivity contribution in [1.82, 2.24) is 10.2 Å². The Kier molecular flexibility index (Phi) is 5.69. The van der Waals surface area contributed by atoms with E-state index >= 15 is 0 Å².